The van der Waals surface area contributed by atoms with Crippen molar-refractivity contribution in [3.05, 3.63) is 82.6 Å². The van der Waals surface area contributed by atoms with Gasteiger partial charge < -0.3 is 19.4 Å². The number of ether oxygens (including phenoxy) is 1. The molecule has 2 aromatic carbocycles. The lowest BCUT2D eigenvalue weighted by Crippen LogP contribution is -2.41. The van der Waals surface area contributed by atoms with Crippen LogP contribution >= 0.6 is 0 Å². The number of hydrogen-bond donors (Lipinski definition) is 1. The molecule has 7 nitrogen and oxygen atoms in total. The molecule has 1 N–H and O–H groups in total. The Bertz CT molecular complexity index is 1260. The summed E-state index contributed by atoms with van der Waals surface area (Å²) in [5.74, 6) is 1.87. The van der Waals surface area contributed by atoms with Crippen LogP contribution in [-0.2, 0) is 17.8 Å². The number of hydrogen-bond acceptors (Lipinski definition) is 5. The van der Waals surface area contributed by atoms with E-state index in [0.717, 1.165) is 17.5 Å². The topological polar surface area (TPSA) is 84.7 Å². The van der Waals surface area contributed by atoms with Gasteiger partial charge in [-0.25, -0.2) is 4.98 Å². The molecule has 1 atom stereocenters. The Balaban J connectivity index is 1.34. The zero-order valence-electron chi connectivity index (χ0n) is 21.8. The SMILES string of the molecule is Cc1ccc(C2c3cc(OCc4nc(C(=O)NCC5CC5)co4)ccc3CCN2C(=O)CC(C)C)cc1. The summed E-state index contributed by atoms with van der Waals surface area (Å²) in [7, 11) is 0. The molecule has 1 saturated carbocycles. The van der Waals surface area contributed by atoms with Gasteiger partial charge in [0.2, 0.25) is 11.8 Å². The average molecular weight is 502 g/mol. The van der Waals surface area contributed by atoms with E-state index in [1.54, 1.807) is 0 Å². The quantitative estimate of drug-likeness (QED) is 0.434. The second-order valence-corrected chi connectivity index (χ2v) is 10.7. The molecule has 0 radical (unpaired) electrons. The lowest BCUT2D eigenvalue weighted by Gasteiger charge is -2.38. The van der Waals surface area contributed by atoms with Crippen LogP contribution in [0.3, 0.4) is 0 Å². The Morgan fingerprint density at radius 2 is 1.95 bits per heavy atom. The summed E-state index contributed by atoms with van der Waals surface area (Å²) in [5, 5.41) is 2.90. The first-order valence-electron chi connectivity index (χ1n) is 13.2. The van der Waals surface area contributed by atoms with E-state index >= 15 is 0 Å². The average Bonchev–Trinajstić information content (AvgIpc) is 3.60. The van der Waals surface area contributed by atoms with E-state index in [4.69, 9.17) is 9.15 Å². The molecule has 0 bridgehead atoms. The maximum Gasteiger partial charge on any atom is 0.273 e. The number of carbonyl (C=O) groups is 2. The third-order valence-corrected chi connectivity index (χ3v) is 7.04. The molecule has 1 aliphatic heterocycles. The van der Waals surface area contributed by atoms with Crippen LogP contribution in [0.25, 0.3) is 0 Å². The van der Waals surface area contributed by atoms with Crippen molar-refractivity contribution in [3.63, 3.8) is 0 Å². The number of rotatable bonds is 9. The van der Waals surface area contributed by atoms with Crippen LogP contribution in [0.15, 0.2) is 53.1 Å². The highest BCUT2D eigenvalue weighted by Gasteiger charge is 2.32. The number of carbonyl (C=O) groups excluding carboxylic acids is 2. The molecule has 2 aliphatic rings. The molecule has 1 aromatic heterocycles. The Labute approximate surface area is 218 Å². The van der Waals surface area contributed by atoms with Gasteiger partial charge in [0, 0.05) is 19.5 Å². The number of oxazole rings is 1. The number of fused-ring (bicyclic) bond motifs is 1. The van der Waals surface area contributed by atoms with Crippen molar-refractivity contribution >= 4 is 11.8 Å². The van der Waals surface area contributed by atoms with Gasteiger partial charge in [-0.15, -0.1) is 0 Å². The van der Waals surface area contributed by atoms with Crippen LogP contribution in [0.4, 0.5) is 0 Å². The zero-order chi connectivity index (χ0) is 25.9. The molecule has 0 saturated heterocycles. The number of nitrogens with one attached hydrogen (secondary N) is 1. The Hall–Kier alpha value is -3.61. The fourth-order valence-electron chi connectivity index (χ4n) is 4.80. The van der Waals surface area contributed by atoms with Gasteiger partial charge in [0.15, 0.2) is 12.3 Å². The van der Waals surface area contributed by atoms with Crippen LogP contribution in [-0.4, -0.2) is 34.8 Å². The van der Waals surface area contributed by atoms with Crippen molar-refractivity contribution < 1.29 is 18.7 Å². The smallest absolute Gasteiger partial charge is 0.273 e. The number of aryl methyl sites for hydroxylation is 1. The van der Waals surface area contributed by atoms with Crippen molar-refractivity contribution in [2.45, 2.75) is 59.1 Å². The van der Waals surface area contributed by atoms with Gasteiger partial charge in [0.25, 0.3) is 5.91 Å². The van der Waals surface area contributed by atoms with E-state index in [0.29, 0.717) is 43.0 Å². The van der Waals surface area contributed by atoms with Crippen LogP contribution in [0.2, 0.25) is 0 Å². The first-order chi connectivity index (χ1) is 17.9. The highest BCUT2D eigenvalue weighted by atomic mass is 16.5. The molecule has 37 heavy (non-hydrogen) atoms. The van der Waals surface area contributed by atoms with Gasteiger partial charge >= 0.3 is 0 Å². The van der Waals surface area contributed by atoms with Crippen molar-refractivity contribution in [1.29, 1.82) is 0 Å². The van der Waals surface area contributed by atoms with E-state index in [1.807, 2.05) is 17.0 Å². The molecule has 5 rings (SSSR count). The first kappa shape index (κ1) is 25.1. The predicted molar refractivity (Wildman–Crippen MR) is 140 cm³/mol. The highest BCUT2D eigenvalue weighted by Crippen LogP contribution is 2.38. The fraction of sp³-hybridized carbons (Fsp3) is 0.433. The second kappa shape index (κ2) is 10.8. The standard InChI is InChI=1S/C30H35N3O4/c1-19(2)14-28(34)33-13-12-22-10-11-24(15-25(22)29(33)23-8-4-20(3)5-9-23)36-18-27-32-26(17-37-27)30(35)31-16-21-6-7-21/h4-5,8-11,15,17,19,21,29H,6-7,12-14,16,18H2,1-3H3,(H,31,35). The molecule has 7 heteroatoms. The van der Waals surface area contributed by atoms with Crippen LogP contribution in [0.5, 0.6) is 5.75 Å². The maximum atomic E-state index is 13.3. The highest BCUT2D eigenvalue weighted by molar-refractivity contribution is 5.91. The van der Waals surface area contributed by atoms with E-state index in [9.17, 15) is 9.59 Å². The minimum Gasteiger partial charge on any atom is -0.484 e. The Morgan fingerprint density at radius 3 is 2.68 bits per heavy atom. The fourth-order valence-corrected chi connectivity index (χ4v) is 4.80. The summed E-state index contributed by atoms with van der Waals surface area (Å²) >= 11 is 0. The van der Waals surface area contributed by atoms with Gasteiger partial charge in [-0.3, -0.25) is 9.59 Å². The molecule has 1 unspecified atom stereocenters. The van der Waals surface area contributed by atoms with Gasteiger partial charge in [-0.2, -0.15) is 0 Å². The number of benzene rings is 2. The molecular formula is C30H35N3O4. The van der Waals surface area contributed by atoms with Crippen molar-refractivity contribution in [1.82, 2.24) is 15.2 Å². The summed E-state index contributed by atoms with van der Waals surface area (Å²) in [4.78, 5) is 31.8. The van der Waals surface area contributed by atoms with Gasteiger partial charge in [-0.1, -0.05) is 49.7 Å². The third kappa shape index (κ3) is 6.04. The first-order valence-corrected chi connectivity index (χ1v) is 13.2. The maximum absolute atomic E-state index is 13.3. The number of nitrogens with zero attached hydrogens (tertiary/aromatic N) is 2. The van der Waals surface area contributed by atoms with Crippen molar-refractivity contribution in [3.8, 4) is 5.75 Å². The predicted octanol–water partition coefficient (Wildman–Crippen LogP) is 5.22. The molecular weight excluding hydrogens is 466 g/mol. The summed E-state index contributed by atoms with van der Waals surface area (Å²) in [6, 6.07) is 14.3. The van der Waals surface area contributed by atoms with Crippen LogP contribution < -0.4 is 10.1 Å². The summed E-state index contributed by atoms with van der Waals surface area (Å²) in [5.41, 5.74) is 4.84. The van der Waals surface area contributed by atoms with Crippen LogP contribution in [0.1, 0.15) is 77.8 Å². The number of amides is 2. The lowest BCUT2D eigenvalue weighted by atomic mass is 9.87. The zero-order valence-corrected chi connectivity index (χ0v) is 21.8. The molecule has 0 spiro atoms. The summed E-state index contributed by atoms with van der Waals surface area (Å²) in [6.45, 7) is 7.71. The van der Waals surface area contributed by atoms with Gasteiger partial charge in [-0.05, 0) is 66.8 Å². The van der Waals surface area contributed by atoms with Crippen molar-refractivity contribution in [2.75, 3.05) is 13.1 Å². The molecule has 3 aromatic rings. The van der Waals surface area contributed by atoms with E-state index in [1.165, 1.54) is 30.2 Å². The van der Waals surface area contributed by atoms with Crippen LogP contribution in [0, 0.1) is 18.8 Å². The summed E-state index contributed by atoms with van der Waals surface area (Å²) < 4.78 is 11.5. The monoisotopic (exact) mass is 501 g/mol. The Morgan fingerprint density at radius 1 is 1.16 bits per heavy atom. The van der Waals surface area contributed by atoms with E-state index < -0.39 is 0 Å². The lowest BCUT2D eigenvalue weighted by molar-refractivity contribution is -0.134. The molecule has 2 heterocycles. The van der Waals surface area contributed by atoms with Gasteiger partial charge in [0.1, 0.15) is 12.0 Å². The minimum atomic E-state index is -0.220. The third-order valence-electron chi connectivity index (χ3n) is 7.04. The molecule has 2 amide bonds. The number of aromatic nitrogens is 1. The summed E-state index contributed by atoms with van der Waals surface area (Å²) in [6.07, 6.45) is 5.05. The second-order valence-electron chi connectivity index (χ2n) is 10.7. The van der Waals surface area contributed by atoms with E-state index in [2.05, 4.69) is 61.4 Å². The molecule has 1 fully saturated rings. The van der Waals surface area contributed by atoms with Gasteiger partial charge in [0.05, 0.1) is 6.04 Å². The Kier molecular flexibility index (Phi) is 7.31. The molecule has 1 aliphatic carbocycles. The largest absolute Gasteiger partial charge is 0.484 e. The minimum absolute atomic E-state index is 0.111. The van der Waals surface area contributed by atoms with Crippen molar-refractivity contribution in [2.24, 2.45) is 11.8 Å². The normalized spacial score (nSPS) is 17.0. The molecule has 194 valence electrons. The van der Waals surface area contributed by atoms with E-state index in [-0.39, 0.29) is 30.2 Å².